The Bertz CT molecular complexity index is 308. The molecule has 0 aliphatic rings. The summed E-state index contributed by atoms with van der Waals surface area (Å²) in [6.07, 6.45) is 1.28. The van der Waals surface area contributed by atoms with Gasteiger partial charge in [0.2, 0.25) is 0 Å². The number of benzene rings is 1. The summed E-state index contributed by atoms with van der Waals surface area (Å²) in [5, 5.41) is 0.584. The molecule has 2 heteroatoms. The third kappa shape index (κ3) is 1.95. The van der Waals surface area contributed by atoms with Crippen LogP contribution in [0.15, 0.2) is 30.9 Å². The zero-order chi connectivity index (χ0) is 9.14. The monoisotopic (exact) mass is 180 g/mol. The topological polar surface area (TPSA) is 17.1 Å². The molecule has 1 rings (SSSR count). The molecule has 0 aliphatic carbocycles. The first-order chi connectivity index (χ1) is 5.63. The normalized spacial score (nSPS) is 9.50. The molecule has 62 valence electrons. The van der Waals surface area contributed by atoms with Gasteiger partial charge in [-0.3, -0.25) is 4.79 Å². The predicted molar refractivity (Wildman–Crippen MR) is 50.7 cm³/mol. The first kappa shape index (κ1) is 9.01. The molecule has 0 aromatic heterocycles. The Labute approximate surface area is 76.7 Å². The molecular weight excluding hydrogens is 172 g/mol. The first-order valence-electron chi connectivity index (χ1n) is 3.57. The van der Waals surface area contributed by atoms with E-state index >= 15 is 0 Å². The van der Waals surface area contributed by atoms with Crippen LogP contribution in [-0.2, 0) is 0 Å². The van der Waals surface area contributed by atoms with E-state index in [0.717, 1.165) is 5.56 Å². The van der Waals surface area contributed by atoms with E-state index in [9.17, 15) is 4.79 Å². The highest BCUT2D eigenvalue weighted by Gasteiger charge is 2.02. The quantitative estimate of drug-likeness (QED) is 0.505. The maximum atomic E-state index is 11.1. The van der Waals surface area contributed by atoms with Gasteiger partial charge < -0.3 is 0 Å². The van der Waals surface area contributed by atoms with Crippen molar-refractivity contribution in [3.05, 3.63) is 47.0 Å². The minimum absolute atomic E-state index is 0.0967. The Kier molecular flexibility index (Phi) is 2.66. The van der Waals surface area contributed by atoms with E-state index < -0.39 is 0 Å². The molecule has 0 unspecified atom stereocenters. The molecule has 0 aliphatic heterocycles. The third-order valence-electron chi connectivity index (χ3n) is 1.51. The molecule has 1 aromatic carbocycles. The van der Waals surface area contributed by atoms with Crippen molar-refractivity contribution in [1.29, 1.82) is 0 Å². The number of rotatable bonds is 2. The molecule has 0 amide bonds. The number of hydrogen-bond donors (Lipinski definition) is 0. The van der Waals surface area contributed by atoms with Crippen LogP contribution in [0.5, 0.6) is 0 Å². The number of aryl methyl sites for hydroxylation is 1. The second kappa shape index (κ2) is 3.55. The van der Waals surface area contributed by atoms with Gasteiger partial charge in [0.15, 0.2) is 5.78 Å². The van der Waals surface area contributed by atoms with E-state index in [1.165, 1.54) is 6.08 Å². The number of carbonyl (C=O) groups excluding carboxylic acids is 1. The lowest BCUT2D eigenvalue weighted by Gasteiger charge is -1.98. The van der Waals surface area contributed by atoms with Crippen LogP contribution in [0.25, 0.3) is 0 Å². The maximum Gasteiger partial charge on any atom is 0.185 e. The van der Waals surface area contributed by atoms with Crippen molar-refractivity contribution in [2.24, 2.45) is 0 Å². The van der Waals surface area contributed by atoms with Crippen LogP contribution >= 0.6 is 11.6 Å². The van der Waals surface area contributed by atoms with Crippen LogP contribution in [0.2, 0.25) is 5.02 Å². The molecule has 1 aromatic rings. The summed E-state index contributed by atoms with van der Waals surface area (Å²) in [7, 11) is 0. The molecule has 0 bridgehead atoms. The van der Waals surface area contributed by atoms with Gasteiger partial charge in [0.05, 0.1) is 0 Å². The Morgan fingerprint density at radius 3 is 2.67 bits per heavy atom. The fourth-order valence-electron chi connectivity index (χ4n) is 0.996. The van der Waals surface area contributed by atoms with Crippen molar-refractivity contribution in [1.82, 2.24) is 0 Å². The molecule has 0 fully saturated rings. The molecule has 12 heavy (non-hydrogen) atoms. The van der Waals surface area contributed by atoms with Crippen LogP contribution in [-0.4, -0.2) is 5.78 Å². The summed E-state index contributed by atoms with van der Waals surface area (Å²) in [4.78, 5) is 11.1. The average molecular weight is 181 g/mol. The average Bonchev–Trinajstić information content (AvgIpc) is 2.01. The number of ketones is 1. The highest BCUT2D eigenvalue weighted by Crippen LogP contribution is 2.14. The minimum Gasteiger partial charge on any atom is -0.289 e. The summed E-state index contributed by atoms with van der Waals surface area (Å²) in [6, 6.07) is 5.23. The smallest absolute Gasteiger partial charge is 0.185 e. The van der Waals surface area contributed by atoms with Crippen molar-refractivity contribution >= 4 is 17.4 Å². The molecular formula is C10H9ClO. The highest BCUT2D eigenvalue weighted by atomic mass is 35.5. The van der Waals surface area contributed by atoms with Crippen LogP contribution < -0.4 is 0 Å². The van der Waals surface area contributed by atoms with Crippen molar-refractivity contribution in [3.63, 3.8) is 0 Å². The summed E-state index contributed by atoms with van der Waals surface area (Å²) in [5.41, 5.74) is 1.57. The standard InChI is InChI=1S/C10H9ClO/c1-3-10(12)8-4-7(2)5-9(11)6-8/h3-6H,1H2,2H3. The third-order valence-corrected chi connectivity index (χ3v) is 1.73. The van der Waals surface area contributed by atoms with Gasteiger partial charge in [-0.25, -0.2) is 0 Å². The van der Waals surface area contributed by atoms with Crippen molar-refractivity contribution < 1.29 is 4.79 Å². The van der Waals surface area contributed by atoms with E-state index in [0.29, 0.717) is 10.6 Å². The molecule has 0 radical (unpaired) electrons. The van der Waals surface area contributed by atoms with E-state index in [1.54, 1.807) is 18.2 Å². The van der Waals surface area contributed by atoms with Gasteiger partial charge in [-0.05, 0) is 36.8 Å². The van der Waals surface area contributed by atoms with E-state index in [1.807, 2.05) is 6.92 Å². The van der Waals surface area contributed by atoms with E-state index in [2.05, 4.69) is 6.58 Å². The largest absolute Gasteiger partial charge is 0.289 e. The van der Waals surface area contributed by atoms with Crippen LogP contribution in [0, 0.1) is 6.92 Å². The number of allylic oxidation sites excluding steroid dienone is 1. The number of hydrogen-bond acceptors (Lipinski definition) is 1. The van der Waals surface area contributed by atoms with Crippen molar-refractivity contribution in [2.45, 2.75) is 6.92 Å². The van der Waals surface area contributed by atoms with Gasteiger partial charge in [-0.1, -0.05) is 18.2 Å². The highest BCUT2D eigenvalue weighted by molar-refractivity contribution is 6.31. The molecule has 0 atom stereocenters. The fraction of sp³-hybridized carbons (Fsp3) is 0.100. The molecule has 0 N–H and O–H groups in total. The Hall–Kier alpha value is -1.08. The van der Waals surface area contributed by atoms with Gasteiger partial charge in [0, 0.05) is 10.6 Å². The van der Waals surface area contributed by atoms with Gasteiger partial charge in [-0.15, -0.1) is 0 Å². The van der Waals surface area contributed by atoms with Gasteiger partial charge in [0.25, 0.3) is 0 Å². The summed E-state index contributed by atoms with van der Waals surface area (Å²) < 4.78 is 0. The lowest BCUT2D eigenvalue weighted by Crippen LogP contribution is -1.93. The lowest BCUT2D eigenvalue weighted by molar-refractivity contribution is 0.104. The van der Waals surface area contributed by atoms with Crippen LogP contribution in [0.1, 0.15) is 15.9 Å². The van der Waals surface area contributed by atoms with Crippen molar-refractivity contribution in [3.8, 4) is 0 Å². The summed E-state index contributed by atoms with van der Waals surface area (Å²) in [6.45, 7) is 5.30. The molecule has 1 nitrogen and oxygen atoms in total. The minimum atomic E-state index is -0.0967. The van der Waals surface area contributed by atoms with Gasteiger partial charge in [0.1, 0.15) is 0 Å². The molecule has 0 saturated carbocycles. The summed E-state index contributed by atoms with van der Waals surface area (Å²) in [5.74, 6) is -0.0967. The van der Waals surface area contributed by atoms with E-state index in [-0.39, 0.29) is 5.78 Å². The molecule has 0 saturated heterocycles. The Morgan fingerprint density at radius 1 is 1.50 bits per heavy atom. The molecule has 0 spiro atoms. The fourth-order valence-corrected chi connectivity index (χ4v) is 1.29. The zero-order valence-corrected chi connectivity index (χ0v) is 7.56. The number of halogens is 1. The SMILES string of the molecule is C=CC(=O)c1cc(C)cc(Cl)c1. The Morgan fingerprint density at radius 2 is 2.17 bits per heavy atom. The first-order valence-corrected chi connectivity index (χ1v) is 3.95. The second-order valence-electron chi connectivity index (χ2n) is 2.59. The van der Waals surface area contributed by atoms with Gasteiger partial charge in [-0.2, -0.15) is 0 Å². The lowest BCUT2D eigenvalue weighted by atomic mass is 10.1. The number of carbonyl (C=O) groups is 1. The van der Waals surface area contributed by atoms with Crippen molar-refractivity contribution in [2.75, 3.05) is 0 Å². The molecule has 0 heterocycles. The van der Waals surface area contributed by atoms with Crippen LogP contribution in [0.3, 0.4) is 0 Å². The Balaban J connectivity index is 3.17. The zero-order valence-electron chi connectivity index (χ0n) is 6.80. The predicted octanol–water partition coefficient (Wildman–Crippen LogP) is 3.02. The van der Waals surface area contributed by atoms with Crippen LogP contribution in [0.4, 0.5) is 0 Å². The second-order valence-corrected chi connectivity index (χ2v) is 3.02. The summed E-state index contributed by atoms with van der Waals surface area (Å²) >= 11 is 5.76. The maximum absolute atomic E-state index is 11.1. The van der Waals surface area contributed by atoms with Gasteiger partial charge >= 0.3 is 0 Å². The van der Waals surface area contributed by atoms with E-state index in [4.69, 9.17) is 11.6 Å².